The van der Waals surface area contributed by atoms with Crippen LogP contribution in [0.5, 0.6) is 0 Å². The lowest BCUT2D eigenvalue weighted by Crippen LogP contribution is -2.29. The fourth-order valence-electron chi connectivity index (χ4n) is 4.37. The minimum absolute atomic E-state index is 0.0977. The molecule has 3 aromatic carbocycles. The van der Waals surface area contributed by atoms with Crippen LogP contribution in [0.25, 0.3) is 10.9 Å². The van der Waals surface area contributed by atoms with Crippen LogP contribution in [0.2, 0.25) is 0 Å². The van der Waals surface area contributed by atoms with Crippen LogP contribution >= 0.6 is 0 Å². The van der Waals surface area contributed by atoms with Crippen molar-refractivity contribution in [3.8, 4) is 0 Å². The topological polar surface area (TPSA) is 120 Å². The molecule has 0 aliphatic rings. The molecule has 4 rings (SSSR count). The van der Waals surface area contributed by atoms with E-state index >= 15 is 0 Å². The summed E-state index contributed by atoms with van der Waals surface area (Å²) in [6.45, 7) is 3.97. The Bertz CT molecular complexity index is 1670. The van der Waals surface area contributed by atoms with Gasteiger partial charge in [0.2, 0.25) is 9.84 Å². The summed E-state index contributed by atoms with van der Waals surface area (Å²) >= 11 is 0. The number of likely N-dealkylation sites (N-methyl/N-ethyl adjacent to an activating group) is 2. The number of benzene rings is 3. The average molecular weight is 601 g/mol. The van der Waals surface area contributed by atoms with Crippen molar-refractivity contribution in [2.75, 3.05) is 63.5 Å². The molecule has 13 heteroatoms. The van der Waals surface area contributed by atoms with Gasteiger partial charge in [-0.15, -0.1) is 0 Å². The molecule has 224 valence electrons. The van der Waals surface area contributed by atoms with Gasteiger partial charge in [-0.05, 0) is 69.6 Å². The summed E-state index contributed by atoms with van der Waals surface area (Å²) in [4.78, 5) is 17.0. The highest BCUT2D eigenvalue weighted by Crippen LogP contribution is 2.30. The Morgan fingerprint density at radius 1 is 1.00 bits per heavy atom. The number of fused-ring (bicyclic) bond motifs is 1. The van der Waals surface area contributed by atoms with Crippen molar-refractivity contribution in [1.29, 1.82) is 0 Å². The third kappa shape index (κ3) is 7.04. The first kappa shape index (κ1) is 30.9. The maximum atomic E-state index is 13.8. The van der Waals surface area contributed by atoms with Gasteiger partial charge in [0.05, 0.1) is 27.5 Å². The second-order valence-electron chi connectivity index (χ2n) is 10.3. The zero-order chi connectivity index (χ0) is 30.6. The van der Waals surface area contributed by atoms with Gasteiger partial charge in [0.1, 0.15) is 11.6 Å². The first-order valence-electron chi connectivity index (χ1n) is 13.1. The van der Waals surface area contributed by atoms with Crippen molar-refractivity contribution in [3.63, 3.8) is 0 Å². The number of carbonyl (C=O) groups is 1. The van der Waals surface area contributed by atoms with Gasteiger partial charge in [0.25, 0.3) is 5.91 Å². The number of nitrogens with one attached hydrogen (secondary N) is 3. The number of aromatic nitrogens is 2. The quantitative estimate of drug-likeness (QED) is 0.219. The molecule has 42 heavy (non-hydrogen) atoms. The van der Waals surface area contributed by atoms with Gasteiger partial charge >= 0.3 is 0 Å². The van der Waals surface area contributed by atoms with Crippen LogP contribution in [0, 0.1) is 11.6 Å². The Hall–Kier alpha value is -4.07. The number of rotatable bonds is 12. The van der Waals surface area contributed by atoms with E-state index in [1.807, 2.05) is 40.2 Å². The summed E-state index contributed by atoms with van der Waals surface area (Å²) < 4.78 is 59.1. The molecule has 3 N–H and O–H groups in total. The van der Waals surface area contributed by atoms with Crippen LogP contribution in [0.3, 0.4) is 0 Å². The number of aromatic amines is 1. The van der Waals surface area contributed by atoms with Crippen LogP contribution < -0.4 is 15.5 Å². The number of H-pyrrole nitrogens is 1. The zero-order valence-corrected chi connectivity index (χ0v) is 24.9. The molecule has 4 aromatic rings. The molecule has 0 aliphatic heterocycles. The van der Waals surface area contributed by atoms with Crippen molar-refractivity contribution < 1.29 is 26.7 Å². The van der Waals surface area contributed by atoms with Crippen molar-refractivity contribution in [2.45, 2.75) is 22.8 Å². The zero-order valence-electron chi connectivity index (χ0n) is 24.0. The predicted octanol–water partition coefficient (Wildman–Crippen LogP) is 4.37. The minimum Gasteiger partial charge on any atom is -0.383 e. The number of carbonyl (C=O) groups excluding carboxylic acids is 1. The molecular formula is C29H34F2N6O4S. The number of methoxy groups -OCH3 is 1. The first-order valence-corrected chi connectivity index (χ1v) is 14.6. The lowest BCUT2D eigenvalue weighted by molar-refractivity contribution is 0.102. The molecule has 10 nitrogen and oxygen atoms in total. The summed E-state index contributed by atoms with van der Waals surface area (Å²) in [5.41, 5.74) is 2.30. The van der Waals surface area contributed by atoms with Gasteiger partial charge in [0, 0.05) is 56.1 Å². The van der Waals surface area contributed by atoms with Crippen molar-refractivity contribution in [1.82, 2.24) is 15.1 Å². The third-order valence-electron chi connectivity index (χ3n) is 6.61. The van der Waals surface area contributed by atoms with Crippen LogP contribution in [0.1, 0.15) is 17.3 Å². The van der Waals surface area contributed by atoms with Gasteiger partial charge in [-0.1, -0.05) is 0 Å². The van der Waals surface area contributed by atoms with Gasteiger partial charge < -0.3 is 25.2 Å². The first-order chi connectivity index (χ1) is 19.9. The maximum Gasteiger partial charge on any atom is 0.258 e. The second kappa shape index (κ2) is 12.8. The SMILES string of the molecule is COC[C@@H](C)Nc1cc(N(C)CCN(C)C)ccc1C(=O)Nc1n[nH]c2ccc(S(=O)(=O)c3cc(F)cc(F)c3)cc12. The Morgan fingerprint density at radius 3 is 2.38 bits per heavy atom. The summed E-state index contributed by atoms with van der Waals surface area (Å²) in [5, 5.41) is 13.3. The molecule has 1 aromatic heterocycles. The Balaban J connectivity index is 1.66. The second-order valence-corrected chi connectivity index (χ2v) is 12.2. The van der Waals surface area contributed by atoms with E-state index in [9.17, 15) is 22.0 Å². The number of amides is 1. The molecule has 0 saturated heterocycles. The third-order valence-corrected chi connectivity index (χ3v) is 8.34. The standard InChI is InChI=1S/C29H34F2N6O4S/c1-18(17-41-5)32-27-15-21(37(4)11-10-36(2)3)6-8-24(27)29(38)33-28-25-16-22(7-9-26(25)34-35-28)42(39,40)23-13-19(30)12-20(31)14-23/h6-9,12-16,18,32H,10-11,17H2,1-5H3,(H2,33,34,35,38)/t18-/m1/s1. The summed E-state index contributed by atoms with van der Waals surface area (Å²) in [6.07, 6.45) is 0. The van der Waals surface area contributed by atoms with Crippen LogP contribution in [-0.2, 0) is 14.6 Å². The smallest absolute Gasteiger partial charge is 0.258 e. The molecule has 0 unspecified atom stereocenters. The van der Waals surface area contributed by atoms with E-state index in [1.165, 1.54) is 18.2 Å². The minimum atomic E-state index is -4.26. The number of halogens is 2. The van der Waals surface area contributed by atoms with E-state index < -0.39 is 32.3 Å². The van der Waals surface area contributed by atoms with E-state index in [0.717, 1.165) is 30.9 Å². The monoisotopic (exact) mass is 600 g/mol. The van der Waals surface area contributed by atoms with Crippen molar-refractivity contribution in [3.05, 3.63) is 71.8 Å². The molecule has 0 bridgehead atoms. The number of anilines is 3. The molecule has 0 spiro atoms. The molecular weight excluding hydrogens is 566 g/mol. The van der Waals surface area contributed by atoms with Gasteiger partial charge in [-0.3, -0.25) is 9.89 Å². The highest BCUT2D eigenvalue weighted by atomic mass is 32.2. The van der Waals surface area contributed by atoms with Crippen LogP contribution in [-0.4, -0.2) is 83.4 Å². The molecule has 0 fully saturated rings. The van der Waals surface area contributed by atoms with Gasteiger partial charge in [-0.2, -0.15) is 5.10 Å². The maximum absolute atomic E-state index is 13.8. The fourth-order valence-corrected chi connectivity index (χ4v) is 5.70. The molecule has 0 radical (unpaired) electrons. The number of sulfone groups is 1. The summed E-state index contributed by atoms with van der Waals surface area (Å²) in [6, 6.07) is 11.5. The normalized spacial score (nSPS) is 12.5. The Labute approximate surface area is 243 Å². The number of hydrogen-bond donors (Lipinski definition) is 3. The highest BCUT2D eigenvalue weighted by molar-refractivity contribution is 7.91. The molecule has 0 aliphatic carbocycles. The summed E-state index contributed by atoms with van der Waals surface area (Å²) in [7, 11) is 3.30. The lowest BCUT2D eigenvalue weighted by atomic mass is 10.1. The predicted molar refractivity (Wildman–Crippen MR) is 159 cm³/mol. The fraction of sp³-hybridized carbons (Fsp3) is 0.310. The van der Waals surface area contributed by atoms with Crippen LogP contribution in [0.15, 0.2) is 64.4 Å². The Kier molecular flexibility index (Phi) is 9.44. The van der Waals surface area contributed by atoms with E-state index in [0.29, 0.717) is 34.8 Å². The Morgan fingerprint density at radius 2 is 1.71 bits per heavy atom. The molecule has 1 atom stereocenters. The van der Waals surface area contributed by atoms with E-state index in [1.54, 1.807) is 13.2 Å². The van der Waals surface area contributed by atoms with E-state index in [-0.39, 0.29) is 16.8 Å². The van der Waals surface area contributed by atoms with E-state index in [4.69, 9.17) is 4.74 Å². The number of hydrogen-bond acceptors (Lipinski definition) is 8. The number of nitrogens with zero attached hydrogens (tertiary/aromatic N) is 3. The molecule has 1 amide bonds. The number of ether oxygens (including phenoxy) is 1. The average Bonchev–Trinajstić information content (AvgIpc) is 3.33. The molecule has 0 saturated carbocycles. The largest absolute Gasteiger partial charge is 0.383 e. The van der Waals surface area contributed by atoms with Crippen molar-refractivity contribution in [2.24, 2.45) is 0 Å². The summed E-state index contributed by atoms with van der Waals surface area (Å²) in [5.74, 6) is -2.39. The van der Waals surface area contributed by atoms with Gasteiger partial charge in [0.15, 0.2) is 5.82 Å². The van der Waals surface area contributed by atoms with Gasteiger partial charge in [-0.25, -0.2) is 17.2 Å². The van der Waals surface area contributed by atoms with E-state index in [2.05, 4.69) is 30.6 Å². The lowest BCUT2D eigenvalue weighted by Gasteiger charge is -2.24. The highest BCUT2D eigenvalue weighted by Gasteiger charge is 2.23. The van der Waals surface area contributed by atoms with Crippen LogP contribution in [0.4, 0.5) is 26.0 Å². The molecule has 1 heterocycles. The van der Waals surface area contributed by atoms with Crippen molar-refractivity contribution >= 4 is 43.8 Å².